The Kier molecular flexibility index (Phi) is 6.94. The number of hydrogen-bond acceptors (Lipinski definition) is 6. The zero-order valence-corrected chi connectivity index (χ0v) is 20.1. The van der Waals surface area contributed by atoms with Gasteiger partial charge in [0.05, 0.1) is 12.2 Å². The van der Waals surface area contributed by atoms with Gasteiger partial charge >= 0.3 is 0 Å². The molecule has 35 heavy (non-hydrogen) atoms. The summed E-state index contributed by atoms with van der Waals surface area (Å²) < 4.78 is 24.8. The van der Waals surface area contributed by atoms with E-state index in [1.807, 2.05) is 42.5 Å². The van der Waals surface area contributed by atoms with Crippen LogP contribution in [0.2, 0.25) is 5.02 Å². The fraction of sp³-hybridized carbons (Fsp3) is 0.154. The van der Waals surface area contributed by atoms with Crippen molar-refractivity contribution >= 4 is 34.5 Å². The first-order valence-electron chi connectivity index (χ1n) is 10.9. The molecule has 0 bridgehead atoms. The van der Waals surface area contributed by atoms with Gasteiger partial charge in [-0.05, 0) is 47.5 Å². The number of anilines is 1. The van der Waals surface area contributed by atoms with Crippen LogP contribution in [0.1, 0.15) is 26.6 Å². The van der Waals surface area contributed by atoms with Gasteiger partial charge < -0.3 is 14.8 Å². The third-order valence-electron chi connectivity index (χ3n) is 5.43. The van der Waals surface area contributed by atoms with Gasteiger partial charge in [0.2, 0.25) is 6.79 Å². The summed E-state index contributed by atoms with van der Waals surface area (Å²) in [6.07, 6.45) is 0. The van der Waals surface area contributed by atoms with Crippen molar-refractivity contribution in [1.82, 2.24) is 9.88 Å². The Balaban J connectivity index is 1.32. The Morgan fingerprint density at radius 3 is 2.57 bits per heavy atom. The maximum atomic E-state index is 13.9. The van der Waals surface area contributed by atoms with Crippen molar-refractivity contribution in [3.8, 4) is 11.5 Å². The highest BCUT2D eigenvalue weighted by Crippen LogP contribution is 2.33. The fourth-order valence-electron chi connectivity index (χ4n) is 3.74. The van der Waals surface area contributed by atoms with Crippen molar-refractivity contribution in [3.63, 3.8) is 0 Å². The molecule has 1 aliphatic rings. The van der Waals surface area contributed by atoms with E-state index >= 15 is 0 Å². The smallest absolute Gasteiger partial charge is 0.275 e. The quantitative estimate of drug-likeness (QED) is 0.310. The summed E-state index contributed by atoms with van der Waals surface area (Å²) in [6.45, 7) is 2.04. The molecule has 0 fully saturated rings. The summed E-state index contributed by atoms with van der Waals surface area (Å²) in [5.74, 6) is 0.533. The van der Waals surface area contributed by atoms with E-state index in [9.17, 15) is 9.18 Å². The molecular formula is C26H21ClFN3O3S. The number of carbonyl (C=O) groups is 1. The summed E-state index contributed by atoms with van der Waals surface area (Å²) in [5, 5.41) is 5.73. The Labute approximate surface area is 210 Å². The highest BCUT2D eigenvalue weighted by atomic mass is 35.5. The van der Waals surface area contributed by atoms with Gasteiger partial charge in [-0.3, -0.25) is 9.69 Å². The molecule has 4 aromatic rings. The topological polar surface area (TPSA) is 63.7 Å². The number of hydrogen-bond donors (Lipinski definition) is 1. The monoisotopic (exact) mass is 509 g/mol. The van der Waals surface area contributed by atoms with Crippen LogP contribution in [0.25, 0.3) is 0 Å². The second-order valence-corrected chi connectivity index (χ2v) is 9.40. The van der Waals surface area contributed by atoms with Gasteiger partial charge in [-0.1, -0.05) is 41.9 Å². The van der Waals surface area contributed by atoms with Crippen molar-refractivity contribution in [2.45, 2.75) is 19.6 Å². The maximum absolute atomic E-state index is 13.9. The molecular weight excluding hydrogens is 489 g/mol. The Hall–Kier alpha value is -3.46. The molecule has 0 saturated carbocycles. The molecule has 0 unspecified atom stereocenters. The van der Waals surface area contributed by atoms with Crippen molar-refractivity contribution in [2.75, 3.05) is 12.1 Å². The van der Waals surface area contributed by atoms with Gasteiger partial charge in [-0.2, -0.15) is 0 Å². The van der Waals surface area contributed by atoms with Crippen LogP contribution < -0.4 is 14.8 Å². The summed E-state index contributed by atoms with van der Waals surface area (Å²) in [5.41, 5.74) is 2.54. The minimum absolute atomic E-state index is 0.124. The minimum Gasteiger partial charge on any atom is -0.454 e. The second kappa shape index (κ2) is 10.4. The van der Waals surface area contributed by atoms with Crippen molar-refractivity contribution < 1.29 is 18.7 Å². The molecule has 5 rings (SSSR count). The summed E-state index contributed by atoms with van der Waals surface area (Å²) in [7, 11) is 0. The zero-order valence-electron chi connectivity index (χ0n) is 18.5. The van der Waals surface area contributed by atoms with E-state index in [0.29, 0.717) is 24.7 Å². The van der Waals surface area contributed by atoms with Crippen LogP contribution in [0.15, 0.2) is 72.1 Å². The van der Waals surface area contributed by atoms with E-state index < -0.39 is 11.7 Å². The number of amides is 1. The number of aromatic nitrogens is 1. The Morgan fingerprint density at radius 1 is 1.00 bits per heavy atom. The van der Waals surface area contributed by atoms with Crippen molar-refractivity contribution in [1.29, 1.82) is 0 Å². The fourth-order valence-corrected chi connectivity index (χ4v) is 4.68. The molecule has 1 aromatic heterocycles. The normalized spacial score (nSPS) is 12.2. The molecule has 9 heteroatoms. The van der Waals surface area contributed by atoms with Crippen LogP contribution in [0.5, 0.6) is 11.5 Å². The lowest BCUT2D eigenvalue weighted by Crippen LogP contribution is -2.22. The molecule has 0 atom stereocenters. The lowest BCUT2D eigenvalue weighted by Gasteiger charge is -2.22. The molecule has 1 amide bonds. The number of ether oxygens (including phenoxy) is 2. The number of thiazole rings is 1. The van der Waals surface area contributed by atoms with E-state index in [4.69, 9.17) is 21.1 Å². The summed E-state index contributed by atoms with van der Waals surface area (Å²) in [6, 6.07) is 19.7. The molecule has 0 aliphatic carbocycles. The second-order valence-electron chi connectivity index (χ2n) is 8.02. The first kappa shape index (κ1) is 23.3. The van der Waals surface area contributed by atoms with Crippen LogP contribution >= 0.6 is 22.9 Å². The third-order valence-corrected chi connectivity index (χ3v) is 6.51. The van der Waals surface area contributed by atoms with Gasteiger partial charge in [0.15, 0.2) is 11.5 Å². The van der Waals surface area contributed by atoms with E-state index in [1.165, 1.54) is 23.5 Å². The van der Waals surface area contributed by atoms with Crippen molar-refractivity contribution in [3.05, 3.63) is 105 Å². The predicted molar refractivity (Wildman–Crippen MR) is 133 cm³/mol. The van der Waals surface area contributed by atoms with Crippen LogP contribution in [-0.4, -0.2) is 22.6 Å². The SMILES string of the molecule is O=C(Nc1ccccc1F)c1csc(CN(Cc2ccc(Cl)cc2)Cc2ccc3c(c2)OCO3)n1. The average Bonchev–Trinajstić information content (AvgIpc) is 3.51. The summed E-state index contributed by atoms with van der Waals surface area (Å²) in [4.78, 5) is 19.3. The number of rotatable bonds is 8. The first-order chi connectivity index (χ1) is 17.0. The van der Waals surface area contributed by atoms with Gasteiger partial charge in [0.1, 0.15) is 16.5 Å². The lowest BCUT2D eigenvalue weighted by molar-refractivity contribution is 0.102. The van der Waals surface area contributed by atoms with E-state index in [2.05, 4.69) is 15.2 Å². The number of halogens is 2. The number of benzene rings is 3. The molecule has 0 spiro atoms. The minimum atomic E-state index is -0.492. The first-order valence-corrected chi connectivity index (χ1v) is 12.1. The number of nitrogens with zero attached hydrogens (tertiary/aromatic N) is 2. The largest absolute Gasteiger partial charge is 0.454 e. The molecule has 2 heterocycles. The van der Waals surface area contributed by atoms with E-state index in [-0.39, 0.29) is 18.2 Å². The molecule has 178 valence electrons. The molecule has 0 radical (unpaired) electrons. The predicted octanol–water partition coefficient (Wildman–Crippen LogP) is 6.12. The third kappa shape index (κ3) is 5.79. The van der Waals surface area contributed by atoms with Gasteiger partial charge in [-0.25, -0.2) is 9.37 Å². The zero-order chi connectivity index (χ0) is 24.2. The highest BCUT2D eigenvalue weighted by molar-refractivity contribution is 7.09. The lowest BCUT2D eigenvalue weighted by atomic mass is 10.1. The molecule has 6 nitrogen and oxygen atoms in total. The van der Waals surface area contributed by atoms with Crippen LogP contribution in [-0.2, 0) is 19.6 Å². The number of para-hydroxylation sites is 1. The average molecular weight is 510 g/mol. The van der Waals surface area contributed by atoms with Gasteiger partial charge in [-0.15, -0.1) is 11.3 Å². The molecule has 1 aliphatic heterocycles. The number of fused-ring (bicyclic) bond motifs is 1. The van der Waals surface area contributed by atoms with Crippen molar-refractivity contribution in [2.24, 2.45) is 0 Å². The Bertz CT molecular complexity index is 1350. The number of carbonyl (C=O) groups excluding carboxylic acids is 1. The standard InChI is InChI=1S/C26H21ClFN3O3S/c27-19-8-5-17(6-9-19)12-31(13-18-7-10-23-24(11-18)34-16-33-23)14-25-29-22(15-35-25)26(32)30-21-4-2-1-3-20(21)28/h1-11,15H,12-14,16H2,(H,30,32). The molecule has 3 aromatic carbocycles. The summed E-state index contributed by atoms with van der Waals surface area (Å²) >= 11 is 7.44. The maximum Gasteiger partial charge on any atom is 0.275 e. The number of nitrogens with one attached hydrogen (secondary N) is 1. The highest BCUT2D eigenvalue weighted by Gasteiger charge is 2.18. The van der Waals surface area contributed by atoms with Gasteiger partial charge in [0.25, 0.3) is 5.91 Å². The van der Waals surface area contributed by atoms with Crippen LogP contribution in [0, 0.1) is 5.82 Å². The Morgan fingerprint density at radius 2 is 1.74 bits per heavy atom. The van der Waals surface area contributed by atoms with Crippen LogP contribution in [0.3, 0.4) is 0 Å². The van der Waals surface area contributed by atoms with E-state index in [1.54, 1.807) is 17.5 Å². The van der Waals surface area contributed by atoms with Gasteiger partial charge in [0, 0.05) is 23.5 Å². The molecule has 0 saturated heterocycles. The van der Waals surface area contributed by atoms with E-state index in [0.717, 1.165) is 27.6 Å². The van der Waals surface area contributed by atoms with Crippen LogP contribution in [0.4, 0.5) is 10.1 Å². The molecule has 1 N–H and O–H groups in total.